The number of amides is 2. The quantitative estimate of drug-likeness (QED) is 0.817. The topological polar surface area (TPSA) is 79.3 Å². The molecule has 28 heavy (non-hydrogen) atoms. The third-order valence-electron chi connectivity index (χ3n) is 5.30. The molecule has 1 aromatic heterocycles. The lowest BCUT2D eigenvalue weighted by Gasteiger charge is -2.29. The average Bonchev–Trinajstić information content (AvgIpc) is 3.22. The highest BCUT2D eigenvalue weighted by molar-refractivity contribution is 6.00. The van der Waals surface area contributed by atoms with Crippen molar-refractivity contribution in [3.63, 3.8) is 0 Å². The van der Waals surface area contributed by atoms with Crippen LogP contribution < -0.4 is 15.5 Å². The number of aryl methyl sites for hydroxylation is 1. The minimum absolute atomic E-state index is 0. The van der Waals surface area contributed by atoms with Crippen molar-refractivity contribution in [1.29, 1.82) is 0 Å². The van der Waals surface area contributed by atoms with Gasteiger partial charge in [0.1, 0.15) is 5.69 Å². The molecule has 0 spiro atoms. The Labute approximate surface area is 170 Å². The summed E-state index contributed by atoms with van der Waals surface area (Å²) < 4.78 is 1.85. The standard InChI is InChI=1S/C20H25N5O2.ClH/c26-19(24-11-4-6-15-5-1-2-8-18(15)24)14-22-20(27)17-9-12-25(23-17)16-7-3-10-21-13-16;/h1-2,5,8-9,12,16,21H,3-4,6-7,10-11,13-14H2,(H,22,27);1H. The molecule has 2 aromatic rings. The summed E-state index contributed by atoms with van der Waals surface area (Å²) in [6.07, 6.45) is 5.94. The van der Waals surface area contributed by atoms with Gasteiger partial charge in [0.25, 0.3) is 5.91 Å². The Hall–Kier alpha value is -2.38. The summed E-state index contributed by atoms with van der Waals surface area (Å²) in [6.45, 7) is 2.57. The van der Waals surface area contributed by atoms with Gasteiger partial charge >= 0.3 is 0 Å². The first-order chi connectivity index (χ1) is 13.2. The zero-order chi connectivity index (χ0) is 18.6. The number of piperidine rings is 1. The van der Waals surface area contributed by atoms with E-state index in [0.29, 0.717) is 12.2 Å². The van der Waals surface area contributed by atoms with E-state index in [2.05, 4.69) is 21.8 Å². The van der Waals surface area contributed by atoms with Crippen LogP contribution in [0.25, 0.3) is 0 Å². The third kappa shape index (κ3) is 4.36. The van der Waals surface area contributed by atoms with Gasteiger partial charge in [0.2, 0.25) is 5.91 Å². The van der Waals surface area contributed by atoms with Crippen LogP contribution in [0.1, 0.15) is 41.4 Å². The number of fused-ring (bicyclic) bond motifs is 1. The molecule has 0 bridgehead atoms. The fourth-order valence-corrected chi connectivity index (χ4v) is 3.86. The van der Waals surface area contributed by atoms with E-state index in [-0.39, 0.29) is 36.8 Å². The number of para-hydroxylation sites is 1. The second-order valence-electron chi connectivity index (χ2n) is 7.14. The third-order valence-corrected chi connectivity index (χ3v) is 5.30. The van der Waals surface area contributed by atoms with E-state index in [9.17, 15) is 9.59 Å². The highest BCUT2D eigenvalue weighted by atomic mass is 35.5. The molecule has 2 N–H and O–H groups in total. The normalized spacial score (nSPS) is 18.7. The second-order valence-corrected chi connectivity index (χ2v) is 7.14. The SMILES string of the molecule is Cl.O=C(NCC(=O)N1CCCc2ccccc21)c1ccn(C2CCCNC2)n1. The first-order valence-corrected chi connectivity index (χ1v) is 9.65. The highest BCUT2D eigenvalue weighted by Gasteiger charge is 2.23. The van der Waals surface area contributed by atoms with Crippen LogP contribution in [-0.2, 0) is 11.2 Å². The molecule has 0 aliphatic carbocycles. The van der Waals surface area contributed by atoms with E-state index in [4.69, 9.17) is 0 Å². The Morgan fingerprint density at radius 2 is 2.07 bits per heavy atom. The van der Waals surface area contributed by atoms with Gasteiger partial charge in [0.05, 0.1) is 12.6 Å². The lowest BCUT2D eigenvalue weighted by Crippen LogP contribution is -2.42. The molecule has 150 valence electrons. The Kier molecular flexibility index (Phi) is 6.70. The number of hydrogen-bond donors (Lipinski definition) is 2. The van der Waals surface area contributed by atoms with Crippen molar-refractivity contribution < 1.29 is 9.59 Å². The lowest BCUT2D eigenvalue weighted by atomic mass is 10.0. The molecule has 2 aliphatic heterocycles. The summed E-state index contributed by atoms with van der Waals surface area (Å²) in [6, 6.07) is 9.95. The number of aromatic nitrogens is 2. The van der Waals surface area contributed by atoms with Gasteiger partial charge in [-0.15, -0.1) is 12.4 Å². The van der Waals surface area contributed by atoms with E-state index in [1.54, 1.807) is 11.0 Å². The maximum absolute atomic E-state index is 12.6. The van der Waals surface area contributed by atoms with E-state index >= 15 is 0 Å². The van der Waals surface area contributed by atoms with E-state index in [1.807, 2.05) is 29.1 Å². The summed E-state index contributed by atoms with van der Waals surface area (Å²) in [5.74, 6) is -0.400. The van der Waals surface area contributed by atoms with E-state index in [0.717, 1.165) is 44.5 Å². The fraction of sp³-hybridized carbons (Fsp3) is 0.450. The minimum atomic E-state index is -0.309. The van der Waals surface area contributed by atoms with Gasteiger partial charge in [-0.05, 0) is 49.9 Å². The molecule has 0 saturated carbocycles. The van der Waals surface area contributed by atoms with Gasteiger partial charge in [-0.3, -0.25) is 14.3 Å². The molecule has 1 atom stereocenters. The van der Waals surface area contributed by atoms with Crippen LogP contribution in [0.15, 0.2) is 36.5 Å². The van der Waals surface area contributed by atoms with E-state index < -0.39 is 0 Å². The van der Waals surface area contributed by atoms with Crippen LogP contribution >= 0.6 is 12.4 Å². The molecule has 7 nitrogen and oxygen atoms in total. The molecule has 2 amide bonds. The number of anilines is 1. The zero-order valence-corrected chi connectivity index (χ0v) is 16.6. The smallest absolute Gasteiger partial charge is 0.272 e. The van der Waals surface area contributed by atoms with Gasteiger partial charge in [-0.25, -0.2) is 0 Å². The fourth-order valence-electron chi connectivity index (χ4n) is 3.86. The summed E-state index contributed by atoms with van der Waals surface area (Å²) in [5, 5.41) is 10.5. The van der Waals surface area contributed by atoms with Crippen molar-refractivity contribution in [2.24, 2.45) is 0 Å². The Bertz CT molecular complexity index is 832. The predicted octanol–water partition coefficient (Wildman–Crippen LogP) is 1.94. The molecule has 3 heterocycles. The number of hydrogen-bond acceptors (Lipinski definition) is 4. The average molecular weight is 404 g/mol. The minimum Gasteiger partial charge on any atom is -0.342 e. The van der Waals surface area contributed by atoms with Gasteiger partial charge in [-0.2, -0.15) is 5.10 Å². The van der Waals surface area contributed by atoms with Crippen molar-refractivity contribution in [3.8, 4) is 0 Å². The highest BCUT2D eigenvalue weighted by Crippen LogP contribution is 2.26. The van der Waals surface area contributed by atoms with Gasteiger partial charge < -0.3 is 15.5 Å². The predicted molar refractivity (Wildman–Crippen MR) is 110 cm³/mol. The van der Waals surface area contributed by atoms with E-state index in [1.165, 1.54) is 5.56 Å². The summed E-state index contributed by atoms with van der Waals surface area (Å²) in [5.41, 5.74) is 2.49. The first-order valence-electron chi connectivity index (χ1n) is 9.65. The molecule has 1 saturated heterocycles. The second kappa shape index (κ2) is 9.21. The maximum Gasteiger partial charge on any atom is 0.272 e. The van der Waals surface area contributed by atoms with Crippen molar-refractivity contribution in [2.75, 3.05) is 31.1 Å². The largest absolute Gasteiger partial charge is 0.342 e. The van der Waals surface area contributed by atoms with Crippen molar-refractivity contribution in [3.05, 3.63) is 47.8 Å². The van der Waals surface area contributed by atoms with Gasteiger partial charge in [0, 0.05) is 25.0 Å². The number of carbonyl (C=O) groups excluding carboxylic acids is 2. The van der Waals surface area contributed by atoms with Gasteiger partial charge in [-0.1, -0.05) is 18.2 Å². The van der Waals surface area contributed by atoms with Crippen molar-refractivity contribution >= 4 is 29.9 Å². The van der Waals surface area contributed by atoms with Crippen LogP contribution in [0, 0.1) is 0 Å². The molecule has 1 unspecified atom stereocenters. The van der Waals surface area contributed by atoms with Crippen LogP contribution in [0.2, 0.25) is 0 Å². The summed E-state index contributed by atoms with van der Waals surface area (Å²) >= 11 is 0. The number of rotatable bonds is 4. The molecule has 4 rings (SSSR count). The first kappa shape index (κ1) is 20.4. The zero-order valence-electron chi connectivity index (χ0n) is 15.8. The molecular weight excluding hydrogens is 378 g/mol. The molecule has 1 fully saturated rings. The molecule has 1 aromatic carbocycles. The summed E-state index contributed by atoms with van der Waals surface area (Å²) in [4.78, 5) is 26.8. The molecule has 2 aliphatic rings. The lowest BCUT2D eigenvalue weighted by molar-refractivity contribution is -0.117. The van der Waals surface area contributed by atoms with Crippen LogP contribution in [0.4, 0.5) is 5.69 Å². The van der Waals surface area contributed by atoms with Crippen LogP contribution in [-0.4, -0.2) is 47.8 Å². The van der Waals surface area contributed by atoms with Crippen LogP contribution in [0.5, 0.6) is 0 Å². The number of benzene rings is 1. The number of carbonyl (C=O) groups is 2. The maximum atomic E-state index is 12.6. The van der Waals surface area contributed by atoms with Crippen LogP contribution in [0.3, 0.4) is 0 Å². The summed E-state index contributed by atoms with van der Waals surface area (Å²) in [7, 11) is 0. The molecule has 0 radical (unpaired) electrons. The Balaban J connectivity index is 0.00000225. The Morgan fingerprint density at radius 3 is 2.89 bits per heavy atom. The number of nitrogens with one attached hydrogen (secondary N) is 2. The number of halogens is 1. The monoisotopic (exact) mass is 403 g/mol. The van der Waals surface area contributed by atoms with Crippen molar-refractivity contribution in [1.82, 2.24) is 20.4 Å². The number of nitrogens with zero attached hydrogens (tertiary/aromatic N) is 3. The molecule has 8 heteroatoms. The molecular formula is C20H26ClN5O2. The Morgan fingerprint density at radius 1 is 1.21 bits per heavy atom. The van der Waals surface area contributed by atoms with Gasteiger partial charge in [0.15, 0.2) is 0 Å². The van der Waals surface area contributed by atoms with Crippen molar-refractivity contribution in [2.45, 2.75) is 31.7 Å².